The van der Waals surface area contributed by atoms with Crippen molar-refractivity contribution in [1.29, 1.82) is 10.8 Å². The Bertz CT molecular complexity index is 1470. The summed E-state index contributed by atoms with van der Waals surface area (Å²) in [5, 5.41) is 17.6. The van der Waals surface area contributed by atoms with E-state index in [1.54, 1.807) is 31.4 Å². The number of amides is 2. The number of carbonyl (C=O) groups is 3. The molecule has 2 aliphatic rings. The molecule has 2 atom stereocenters. The van der Waals surface area contributed by atoms with Crippen molar-refractivity contribution in [3.63, 3.8) is 0 Å². The number of thioether (sulfide) groups is 5. The first-order valence-electron chi connectivity index (χ1n) is 13.1. The van der Waals surface area contributed by atoms with Gasteiger partial charge in [0, 0.05) is 27.1 Å². The monoisotopic (exact) mass is 692 g/mol. The molecule has 4 rings (SSSR count). The van der Waals surface area contributed by atoms with Crippen molar-refractivity contribution in [2.24, 2.45) is 11.5 Å². The number of rotatable bonds is 13. The number of esters is 1. The van der Waals surface area contributed by atoms with Crippen molar-refractivity contribution in [1.82, 2.24) is 10.2 Å². The van der Waals surface area contributed by atoms with E-state index in [-0.39, 0.29) is 40.2 Å². The highest BCUT2D eigenvalue weighted by atomic mass is 32.2. The van der Waals surface area contributed by atoms with Crippen molar-refractivity contribution in [2.75, 3.05) is 24.9 Å². The summed E-state index contributed by atoms with van der Waals surface area (Å²) in [5.41, 5.74) is 13.9. The highest BCUT2D eigenvalue weighted by molar-refractivity contribution is 8.13. The minimum Gasteiger partial charge on any atom is -0.497 e. The Labute approximate surface area is 276 Å². The van der Waals surface area contributed by atoms with Crippen LogP contribution < -0.4 is 21.5 Å². The number of carbonyl (C=O) groups excluding carboxylic acids is 3. The molecule has 2 aliphatic heterocycles. The Morgan fingerprint density at radius 2 is 1.75 bits per heavy atom. The first kappa shape index (κ1) is 34.0. The van der Waals surface area contributed by atoms with Gasteiger partial charge in [-0.3, -0.25) is 25.3 Å². The molecule has 0 aromatic heterocycles. The number of amidine groups is 2. The molecule has 0 bridgehead atoms. The summed E-state index contributed by atoms with van der Waals surface area (Å²) in [6.45, 7) is 0.00101. The van der Waals surface area contributed by atoms with Crippen molar-refractivity contribution in [2.45, 2.75) is 34.4 Å². The van der Waals surface area contributed by atoms with Gasteiger partial charge in [0.25, 0.3) is 5.91 Å². The number of hydrogen-bond donors (Lipinski definition) is 5. The molecule has 0 radical (unpaired) electrons. The topological polar surface area (TPSA) is 185 Å². The minimum absolute atomic E-state index is 0.00101. The standard InChI is InChI=1S/C28H32N6O5S5/c1-38-18-6-3-15(4-7-18)10-39-26(37)23-20(13-41-25-22(24(36)34(23)25)33-21(35)14-40-2)44-19-8-5-16(11-42-27(29)30)9-17(19)12-43-28(31)32/h3-9,22,25H,10-14H2,1-2H3,(H3,29,30)(H3,31,32)(H,33,35)/t22-,25-/m1/s1. The van der Waals surface area contributed by atoms with Gasteiger partial charge in [0.1, 0.15) is 29.5 Å². The Hall–Kier alpha value is -2.92. The molecule has 0 saturated carbocycles. The van der Waals surface area contributed by atoms with Crippen LogP contribution in [0.25, 0.3) is 0 Å². The van der Waals surface area contributed by atoms with E-state index in [0.29, 0.717) is 27.9 Å². The second kappa shape index (κ2) is 15.9. The number of benzene rings is 2. The first-order valence-corrected chi connectivity index (χ1v) is 18.3. The zero-order chi connectivity index (χ0) is 31.8. The summed E-state index contributed by atoms with van der Waals surface area (Å²) >= 11 is 6.59. The number of nitrogens with two attached hydrogens (primary N) is 2. The Balaban J connectivity index is 1.63. The Kier molecular flexibility index (Phi) is 12.3. The summed E-state index contributed by atoms with van der Waals surface area (Å²) in [6.07, 6.45) is 1.81. The molecule has 2 amide bonds. The Morgan fingerprint density at radius 3 is 2.41 bits per heavy atom. The van der Waals surface area contributed by atoms with Gasteiger partial charge in [0.2, 0.25) is 5.91 Å². The molecule has 0 spiro atoms. The predicted molar refractivity (Wildman–Crippen MR) is 182 cm³/mol. The van der Waals surface area contributed by atoms with Crippen LogP contribution in [-0.4, -0.2) is 69.3 Å². The van der Waals surface area contributed by atoms with E-state index in [1.807, 2.05) is 24.5 Å². The highest BCUT2D eigenvalue weighted by Crippen LogP contribution is 2.46. The summed E-state index contributed by atoms with van der Waals surface area (Å²) in [6, 6.07) is 12.2. The van der Waals surface area contributed by atoms with Gasteiger partial charge in [-0.25, -0.2) is 4.79 Å². The SMILES string of the molecule is COc1ccc(COC(=O)C2=C(Sc3ccc(CSC(=N)N)cc3CSC(=N)N)CS[C@@H]3[C@H](NC(=O)CSC)C(=O)N23)cc1. The third-order valence-corrected chi connectivity index (χ3v) is 11.2. The van der Waals surface area contributed by atoms with Gasteiger partial charge in [-0.1, -0.05) is 59.6 Å². The minimum atomic E-state index is -0.726. The van der Waals surface area contributed by atoms with Crippen LogP contribution in [0.15, 0.2) is 58.0 Å². The van der Waals surface area contributed by atoms with E-state index < -0.39 is 17.4 Å². The second-order valence-electron chi connectivity index (χ2n) is 9.43. The van der Waals surface area contributed by atoms with Crippen molar-refractivity contribution in [3.05, 3.63) is 69.8 Å². The van der Waals surface area contributed by atoms with Gasteiger partial charge in [0.05, 0.1) is 12.9 Å². The van der Waals surface area contributed by atoms with Crippen LogP contribution >= 0.6 is 58.8 Å². The molecule has 44 heavy (non-hydrogen) atoms. The van der Waals surface area contributed by atoms with Gasteiger partial charge in [-0.2, -0.15) is 11.8 Å². The molecule has 2 aromatic rings. The smallest absolute Gasteiger partial charge is 0.356 e. The third kappa shape index (κ3) is 8.62. The van der Waals surface area contributed by atoms with Gasteiger partial charge >= 0.3 is 5.97 Å². The number of hydrogen-bond acceptors (Lipinski definition) is 12. The van der Waals surface area contributed by atoms with Crippen LogP contribution in [0, 0.1) is 10.8 Å². The average molecular weight is 693 g/mol. The van der Waals surface area contributed by atoms with Crippen molar-refractivity contribution in [3.8, 4) is 5.75 Å². The number of ether oxygens (including phenoxy) is 2. The van der Waals surface area contributed by atoms with Crippen LogP contribution in [0.2, 0.25) is 0 Å². The van der Waals surface area contributed by atoms with Crippen molar-refractivity contribution >= 4 is 86.9 Å². The van der Waals surface area contributed by atoms with E-state index in [4.69, 9.17) is 31.8 Å². The molecule has 234 valence electrons. The molecule has 2 heterocycles. The average Bonchev–Trinajstić information content (AvgIpc) is 3.01. The third-order valence-electron chi connectivity index (χ3n) is 6.38. The second-order valence-corrected chi connectivity index (χ2v) is 14.6. The fourth-order valence-electron chi connectivity index (χ4n) is 4.33. The van der Waals surface area contributed by atoms with E-state index in [0.717, 1.165) is 21.6 Å². The number of β-lactam (4-membered cyclic amide) rings is 1. The first-order chi connectivity index (χ1) is 21.1. The van der Waals surface area contributed by atoms with Gasteiger partial charge in [-0.15, -0.1) is 11.8 Å². The maximum absolute atomic E-state index is 13.7. The van der Waals surface area contributed by atoms with Crippen LogP contribution in [-0.2, 0) is 37.2 Å². The van der Waals surface area contributed by atoms with E-state index in [9.17, 15) is 14.4 Å². The zero-order valence-electron chi connectivity index (χ0n) is 23.9. The largest absolute Gasteiger partial charge is 0.497 e. The molecular weight excluding hydrogens is 661 g/mol. The lowest BCUT2D eigenvalue weighted by Crippen LogP contribution is -2.70. The summed E-state index contributed by atoms with van der Waals surface area (Å²) in [7, 11) is 1.57. The summed E-state index contributed by atoms with van der Waals surface area (Å²) < 4.78 is 10.9. The molecule has 11 nitrogen and oxygen atoms in total. The molecule has 16 heteroatoms. The number of methoxy groups -OCH3 is 1. The lowest BCUT2D eigenvalue weighted by molar-refractivity contribution is -0.153. The molecule has 1 fully saturated rings. The molecule has 0 unspecified atom stereocenters. The van der Waals surface area contributed by atoms with Crippen LogP contribution in [0.1, 0.15) is 16.7 Å². The van der Waals surface area contributed by atoms with Crippen LogP contribution in [0.4, 0.5) is 0 Å². The van der Waals surface area contributed by atoms with Gasteiger partial charge < -0.3 is 26.3 Å². The quantitative estimate of drug-likeness (QED) is 0.0888. The van der Waals surface area contributed by atoms with Crippen LogP contribution in [0.5, 0.6) is 5.75 Å². The summed E-state index contributed by atoms with van der Waals surface area (Å²) in [4.78, 5) is 42.2. The maximum Gasteiger partial charge on any atom is 0.356 e. The number of fused-ring (bicyclic) bond motifs is 1. The molecule has 2 aromatic carbocycles. The van der Waals surface area contributed by atoms with E-state index in [1.165, 1.54) is 63.7 Å². The Morgan fingerprint density at radius 1 is 1.07 bits per heavy atom. The van der Waals surface area contributed by atoms with Gasteiger partial charge in [-0.05, 0) is 41.1 Å². The fourth-order valence-corrected chi connectivity index (χ4v) is 8.39. The molecular formula is C28H32N6O5S5. The predicted octanol–water partition coefficient (Wildman–Crippen LogP) is 3.76. The maximum atomic E-state index is 13.7. The van der Waals surface area contributed by atoms with E-state index in [2.05, 4.69) is 5.32 Å². The molecule has 7 N–H and O–H groups in total. The summed E-state index contributed by atoms with van der Waals surface area (Å²) in [5.74, 6) is 1.02. The highest BCUT2D eigenvalue weighted by Gasteiger charge is 2.54. The zero-order valence-corrected chi connectivity index (χ0v) is 28.0. The normalized spacial score (nSPS) is 17.4. The molecule has 0 aliphatic carbocycles. The lowest BCUT2D eigenvalue weighted by atomic mass is 10.1. The van der Waals surface area contributed by atoms with E-state index >= 15 is 0 Å². The molecule has 1 saturated heterocycles. The van der Waals surface area contributed by atoms with Gasteiger partial charge in [0.15, 0.2) is 10.3 Å². The lowest BCUT2D eigenvalue weighted by Gasteiger charge is -2.49. The number of nitrogens with zero attached hydrogens (tertiary/aromatic N) is 1. The fraction of sp³-hybridized carbons (Fsp3) is 0.321. The van der Waals surface area contributed by atoms with Crippen LogP contribution in [0.3, 0.4) is 0 Å². The number of nitrogens with one attached hydrogen (secondary N) is 3. The van der Waals surface area contributed by atoms with Crippen molar-refractivity contribution < 1.29 is 23.9 Å².